The van der Waals surface area contributed by atoms with Crippen molar-refractivity contribution in [2.24, 2.45) is 0 Å². The van der Waals surface area contributed by atoms with Gasteiger partial charge in [0.05, 0.1) is 26.5 Å². The van der Waals surface area contributed by atoms with Crippen LogP contribution in [0.5, 0.6) is 17.2 Å². The normalized spacial score (nSPS) is 10.0. The van der Waals surface area contributed by atoms with Crippen molar-refractivity contribution in [3.05, 3.63) is 42.5 Å². The Kier molecular flexibility index (Phi) is 6.95. The summed E-state index contributed by atoms with van der Waals surface area (Å²) >= 11 is 0. The van der Waals surface area contributed by atoms with Crippen LogP contribution in [0.25, 0.3) is 0 Å². The Balaban J connectivity index is 1.87. The fourth-order valence-corrected chi connectivity index (χ4v) is 2.34. The van der Waals surface area contributed by atoms with E-state index in [4.69, 9.17) is 14.2 Å². The minimum Gasteiger partial charge on any atom is -0.493 e. The molecule has 0 aliphatic heterocycles. The van der Waals surface area contributed by atoms with Crippen LogP contribution in [0.15, 0.2) is 42.5 Å². The molecule has 0 aliphatic carbocycles. The van der Waals surface area contributed by atoms with E-state index in [0.717, 1.165) is 11.4 Å². The van der Waals surface area contributed by atoms with Gasteiger partial charge in [0, 0.05) is 24.7 Å². The number of carbonyl (C=O) groups is 1. The van der Waals surface area contributed by atoms with Crippen LogP contribution >= 0.6 is 0 Å². The van der Waals surface area contributed by atoms with E-state index in [1.165, 1.54) is 0 Å². The van der Waals surface area contributed by atoms with Gasteiger partial charge in [-0.05, 0) is 31.2 Å². The van der Waals surface area contributed by atoms with E-state index in [-0.39, 0.29) is 5.91 Å². The molecule has 0 aromatic heterocycles. The number of nitrogens with one attached hydrogen (secondary N) is 2. The Morgan fingerprint density at radius 3 is 2.48 bits per heavy atom. The molecule has 2 rings (SSSR count). The first kappa shape index (κ1) is 18.4. The van der Waals surface area contributed by atoms with Gasteiger partial charge in [0.25, 0.3) is 0 Å². The zero-order chi connectivity index (χ0) is 18.1. The lowest BCUT2D eigenvalue weighted by Gasteiger charge is -2.13. The first-order chi connectivity index (χ1) is 12.2. The van der Waals surface area contributed by atoms with E-state index in [0.29, 0.717) is 36.8 Å². The van der Waals surface area contributed by atoms with Crippen molar-refractivity contribution in [1.29, 1.82) is 0 Å². The number of amides is 1. The van der Waals surface area contributed by atoms with Gasteiger partial charge in [-0.15, -0.1) is 0 Å². The second-order valence-electron chi connectivity index (χ2n) is 5.22. The fraction of sp³-hybridized carbons (Fsp3) is 0.316. The molecule has 0 atom stereocenters. The van der Waals surface area contributed by atoms with Crippen LogP contribution in [0.4, 0.5) is 11.4 Å². The Hall–Kier alpha value is -2.89. The highest BCUT2D eigenvalue weighted by Gasteiger charge is 2.08. The van der Waals surface area contributed by atoms with Gasteiger partial charge >= 0.3 is 0 Å². The molecule has 0 saturated carbocycles. The van der Waals surface area contributed by atoms with E-state index in [2.05, 4.69) is 10.6 Å². The largest absolute Gasteiger partial charge is 0.493 e. The molecule has 2 N–H and O–H groups in total. The second-order valence-corrected chi connectivity index (χ2v) is 5.22. The molecule has 0 bridgehead atoms. The summed E-state index contributed by atoms with van der Waals surface area (Å²) in [7, 11) is 3.13. The van der Waals surface area contributed by atoms with Gasteiger partial charge in [-0.1, -0.05) is 12.1 Å². The first-order valence-electron chi connectivity index (χ1n) is 8.15. The highest BCUT2D eigenvalue weighted by Crippen LogP contribution is 2.29. The lowest BCUT2D eigenvalue weighted by atomic mass is 10.2. The number of carbonyl (C=O) groups excluding carboxylic acids is 1. The lowest BCUT2D eigenvalue weighted by Crippen LogP contribution is -2.16. The van der Waals surface area contributed by atoms with Crippen LogP contribution in [0.1, 0.15) is 13.3 Å². The zero-order valence-electron chi connectivity index (χ0n) is 14.8. The molecule has 25 heavy (non-hydrogen) atoms. The molecule has 2 aromatic carbocycles. The Bertz CT molecular complexity index is 704. The van der Waals surface area contributed by atoms with Crippen LogP contribution in [0.2, 0.25) is 0 Å². The Labute approximate surface area is 148 Å². The van der Waals surface area contributed by atoms with Gasteiger partial charge in [-0.2, -0.15) is 0 Å². The monoisotopic (exact) mass is 344 g/mol. The Morgan fingerprint density at radius 1 is 1.00 bits per heavy atom. The van der Waals surface area contributed by atoms with Gasteiger partial charge in [0.1, 0.15) is 5.75 Å². The summed E-state index contributed by atoms with van der Waals surface area (Å²) in [4.78, 5) is 12.1. The van der Waals surface area contributed by atoms with Crippen molar-refractivity contribution < 1.29 is 19.0 Å². The maximum absolute atomic E-state index is 12.1. The maximum atomic E-state index is 12.1. The smallest absolute Gasteiger partial charge is 0.226 e. The predicted octanol–water partition coefficient (Wildman–Crippen LogP) is 3.54. The van der Waals surface area contributed by atoms with Crippen molar-refractivity contribution >= 4 is 17.3 Å². The number of hydrogen-bond donors (Lipinski definition) is 2. The summed E-state index contributed by atoms with van der Waals surface area (Å²) in [5.41, 5.74) is 1.54. The molecule has 134 valence electrons. The summed E-state index contributed by atoms with van der Waals surface area (Å²) in [6.45, 7) is 3.04. The maximum Gasteiger partial charge on any atom is 0.226 e. The molecule has 0 unspecified atom stereocenters. The number of methoxy groups -OCH3 is 2. The summed E-state index contributed by atoms with van der Waals surface area (Å²) in [5, 5.41) is 6.07. The molecule has 0 fully saturated rings. The van der Waals surface area contributed by atoms with Gasteiger partial charge in [0.15, 0.2) is 11.5 Å². The van der Waals surface area contributed by atoms with E-state index in [1.54, 1.807) is 32.4 Å². The van der Waals surface area contributed by atoms with E-state index in [9.17, 15) is 4.79 Å². The molecule has 0 aliphatic rings. The molecule has 0 heterocycles. The van der Waals surface area contributed by atoms with Crippen LogP contribution in [0.3, 0.4) is 0 Å². The molecule has 2 aromatic rings. The van der Waals surface area contributed by atoms with Crippen molar-refractivity contribution in [2.45, 2.75) is 13.3 Å². The van der Waals surface area contributed by atoms with Crippen molar-refractivity contribution in [2.75, 3.05) is 38.0 Å². The average Bonchev–Trinajstić information content (AvgIpc) is 2.63. The van der Waals surface area contributed by atoms with E-state index < -0.39 is 0 Å². The molecular weight excluding hydrogens is 320 g/mol. The highest BCUT2D eigenvalue weighted by molar-refractivity contribution is 5.91. The van der Waals surface area contributed by atoms with Gasteiger partial charge in [-0.3, -0.25) is 4.79 Å². The third-order valence-corrected chi connectivity index (χ3v) is 3.52. The molecule has 6 nitrogen and oxygen atoms in total. The number of rotatable bonds is 9. The third kappa shape index (κ3) is 5.31. The number of hydrogen-bond acceptors (Lipinski definition) is 5. The minimum absolute atomic E-state index is 0.0892. The second kappa shape index (κ2) is 9.42. The molecule has 0 radical (unpaired) electrons. The van der Waals surface area contributed by atoms with Crippen LogP contribution in [0, 0.1) is 0 Å². The topological polar surface area (TPSA) is 68.8 Å². The average molecular weight is 344 g/mol. The van der Waals surface area contributed by atoms with Crippen LogP contribution in [-0.2, 0) is 4.79 Å². The van der Waals surface area contributed by atoms with E-state index >= 15 is 0 Å². The summed E-state index contributed by atoms with van der Waals surface area (Å²) in [5.74, 6) is 1.89. The number of benzene rings is 2. The van der Waals surface area contributed by atoms with E-state index in [1.807, 2.05) is 31.2 Å². The molecule has 1 amide bonds. The Morgan fingerprint density at radius 2 is 1.76 bits per heavy atom. The predicted molar refractivity (Wildman–Crippen MR) is 98.9 cm³/mol. The summed E-state index contributed by atoms with van der Waals surface area (Å²) in [6.07, 6.45) is 0.328. The minimum atomic E-state index is -0.0892. The summed E-state index contributed by atoms with van der Waals surface area (Å²) < 4.78 is 16.0. The van der Waals surface area contributed by atoms with Crippen molar-refractivity contribution in [3.63, 3.8) is 0 Å². The first-order valence-corrected chi connectivity index (χ1v) is 8.15. The number of ether oxygens (including phenoxy) is 3. The fourth-order valence-electron chi connectivity index (χ4n) is 2.34. The standard InChI is InChI=1S/C19H24N2O4/c1-4-25-16-8-6-5-7-15(16)20-12-11-19(22)21-14-9-10-17(23-2)18(13-14)24-3/h5-10,13,20H,4,11-12H2,1-3H3,(H,21,22). The lowest BCUT2D eigenvalue weighted by molar-refractivity contribution is -0.115. The zero-order valence-corrected chi connectivity index (χ0v) is 14.8. The molecule has 0 spiro atoms. The number of anilines is 2. The van der Waals surface area contributed by atoms with Crippen LogP contribution in [-0.4, -0.2) is 33.3 Å². The van der Waals surface area contributed by atoms with Crippen molar-refractivity contribution in [3.8, 4) is 17.2 Å². The summed E-state index contributed by atoms with van der Waals surface area (Å²) in [6, 6.07) is 12.9. The highest BCUT2D eigenvalue weighted by atomic mass is 16.5. The molecule has 0 saturated heterocycles. The van der Waals surface area contributed by atoms with Crippen LogP contribution < -0.4 is 24.8 Å². The quantitative estimate of drug-likeness (QED) is 0.728. The third-order valence-electron chi connectivity index (χ3n) is 3.52. The molecule has 6 heteroatoms. The van der Waals surface area contributed by atoms with Crippen molar-refractivity contribution in [1.82, 2.24) is 0 Å². The number of para-hydroxylation sites is 2. The van der Waals surface area contributed by atoms with Gasteiger partial charge < -0.3 is 24.8 Å². The molecular formula is C19H24N2O4. The SMILES string of the molecule is CCOc1ccccc1NCCC(=O)Nc1ccc(OC)c(OC)c1. The van der Waals surface area contributed by atoms with Gasteiger partial charge in [0.2, 0.25) is 5.91 Å². The van der Waals surface area contributed by atoms with Gasteiger partial charge in [-0.25, -0.2) is 0 Å².